The molecule has 0 aromatic heterocycles. The van der Waals surface area contributed by atoms with E-state index >= 15 is 0 Å². The predicted octanol–water partition coefficient (Wildman–Crippen LogP) is 4.00. The first-order valence-electron chi connectivity index (χ1n) is 16.7. The summed E-state index contributed by atoms with van der Waals surface area (Å²) >= 11 is 0. The number of benzene rings is 3. The maximum Gasteiger partial charge on any atom is 0.410 e. The van der Waals surface area contributed by atoms with Gasteiger partial charge >= 0.3 is 6.09 Å². The molecule has 1 heterocycles. The zero-order chi connectivity index (χ0) is 33.7. The fraction of sp³-hybridized carbons (Fsp3) is 0.500. The van der Waals surface area contributed by atoms with Gasteiger partial charge < -0.3 is 57.7 Å². The second kappa shape index (κ2) is 19.4. The number of quaternary nitrogens is 1. The van der Waals surface area contributed by atoms with Gasteiger partial charge in [-0.25, -0.2) is 4.79 Å². The van der Waals surface area contributed by atoms with Crippen LogP contribution in [-0.4, -0.2) is 75.9 Å². The van der Waals surface area contributed by atoms with Gasteiger partial charge in [0.2, 0.25) is 5.79 Å². The average Bonchev–Trinajstić information content (AvgIpc) is 3.05. The molecule has 0 fully saturated rings. The van der Waals surface area contributed by atoms with Crippen LogP contribution >= 0.6 is 0 Å². The van der Waals surface area contributed by atoms with Crippen LogP contribution in [0.4, 0.5) is 10.5 Å². The zero-order valence-corrected chi connectivity index (χ0v) is 31.3. The molecule has 0 bridgehead atoms. The average molecular weight is 777 g/mol. The number of hydrogen-bond donors (Lipinski definition) is 1. The second-order valence-corrected chi connectivity index (χ2v) is 13.4. The van der Waals surface area contributed by atoms with Crippen molar-refractivity contribution in [3.05, 3.63) is 95.1 Å². The number of aliphatic hydroxyl groups excluding tert-OH is 1. The van der Waals surface area contributed by atoms with Crippen LogP contribution in [-0.2, 0) is 38.8 Å². The Bertz CT molecular complexity index is 1400. The fourth-order valence-electron chi connectivity index (χ4n) is 5.28. The first-order chi connectivity index (χ1) is 22.5. The van der Waals surface area contributed by atoms with Gasteiger partial charge in [-0.15, -0.1) is 0 Å². The third-order valence-corrected chi connectivity index (χ3v) is 8.05. The Morgan fingerprint density at radius 1 is 0.875 bits per heavy atom. The summed E-state index contributed by atoms with van der Waals surface area (Å²) in [6.45, 7) is 7.29. The van der Waals surface area contributed by atoms with Gasteiger partial charge in [-0.05, 0) is 47.7 Å². The summed E-state index contributed by atoms with van der Waals surface area (Å²) in [7, 11) is 6.46. The van der Waals surface area contributed by atoms with Gasteiger partial charge in [-0.3, -0.25) is 4.48 Å². The minimum absolute atomic E-state index is 0. The van der Waals surface area contributed by atoms with Crippen molar-refractivity contribution in [2.45, 2.75) is 71.2 Å². The van der Waals surface area contributed by atoms with Gasteiger partial charge in [0, 0.05) is 38.6 Å². The molecular formula is C38H53IN2O7. The Labute approximate surface area is 303 Å². The van der Waals surface area contributed by atoms with Gasteiger partial charge in [0.1, 0.15) is 18.0 Å². The van der Waals surface area contributed by atoms with Crippen molar-refractivity contribution < 1.29 is 57.6 Å². The minimum Gasteiger partial charge on any atom is -1.00 e. The SMILES string of the molecule is CC1(C)OCc2cc([C@@H](O)CN(CCCCCCOCCOCc3cccc([N+](C)(C)C)c3)C(=O)OCc3ccccc3)ccc2O1.[I-]. The minimum atomic E-state index is -0.878. The number of carbonyl (C=O) groups is 1. The van der Waals surface area contributed by atoms with Crippen molar-refractivity contribution in [3.8, 4) is 5.75 Å². The van der Waals surface area contributed by atoms with Gasteiger partial charge in [0.25, 0.3) is 0 Å². The molecular weight excluding hydrogens is 723 g/mol. The molecule has 1 aliphatic rings. The normalized spacial score (nSPS) is 14.3. The second-order valence-electron chi connectivity index (χ2n) is 13.4. The molecule has 0 saturated carbocycles. The monoisotopic (exact) mass is 776 g/mol. The number of carbonyl (C=O) groups excluding carboxylic acids is 1. The molecule has 1 aliphatic heterocycles. The Hall–Kier alpha value is -2.74. The van der Waals surface area contributed by atoms with Crippen molar-refractivity contribution >= 4 is 11.8 Å². The van der Waals surface area contributed by atoms with Crippen LogP contribution in [0.15, 0.2) is 72.8 Å². The number of rotatable bonds is 18. The van der Waals surface area contributed by atoms with Crippen LogP contribution in [0.2, 0.25) is 0 Å². The van der Waals surface area contributed by atoms with Gasteiger partial charge in [0.05, 0.1) is 60.2 Å². The highest BCUT2D eigenvalue weighted by Crippen LogP contribution is 2.33. The summed E-state index contributed by atoms with van der Waals surface area (Å²) in [5.74, 6) is 0.0562. The van der Waals surface area contributed by atoms with E-state index in [1.165, 1.54) is 5.69 Å². The van der Waals surface area contributed by atoms with E-state index in [-0.39, 0.29) is 37.1 Å². The van der Waals surface area contributed by atoms with Crippen LogP contribution in [0.3, 0.4) is 0 Å². The summed E-state index contributed by atoms with van der Waals surface area (Å²) < 4.78 is 29.7. The molecule has 4 rings (SSSR count). The van der Waals surface area contributed by atoms with E-state index in [2.05, 4.69) is 45.4 Å². The number of halogens is 1. The molecule has 0 saturated heterocycles. The summed E-state index contributed by atoms with van der Waals surface area (Å²) in [6.07, 6.45) is 2.33. The Balaban J connectivity index is 0.00000625. The third-order valence-electron chi connectivity index (χ3n) is 8.05. The van der Waals surface area contributed by atoms with Crippen molar-refractivity contribution in [1.82, 2.24) is 9.38 Å². The van der Waals surface area contributed by atoms with E-state index in [0.29, 0.717) is 45.1 Å². The van der Waals surface area contributed by atoms with Crippen molar-refractivity contribution in [3.63, 3.8) is 0 Å². The quantitative estimate of drug-likeness (QED) is 0.119. The molecule has 3 aromatic rings. The first-order valence-corrected chi connectivity index (χ1v) is 16.7. The summed E-state index contributed by atoms with van der Waals surface area (Å²) in [6, 6.07) is 23.7. The zero-order valence-electron chi connectivity index (χ0n) is 29.2. The molecule has 0 radical (unpaired) electrons. The Morgan fingerprint density at radius 2 is 1.60 bits per heavy atom. The van der Waals surface area contributed by atoms with Crippen molar-refractivity contribution in [2.75, 3.05) is 54.1 Å². The number of ether oxygens (including phenoxy) is 5. The highest BCUT2D eigenvalue weighted by molar-refractivity contribution is 5.67. The van der Waals surface area contributed by atoms with E-state index in [4.69, 9.17) is 23.7 Å². The Morgan fingerprint density at radius 3 is 2.38 bits per heavy atom. The topological polar surface area (TPSA) is 86.7 Å². The molecule has 0 spiro atoms. The molecule has 3 aromatic carbocycles. The summed E-state index contributed by atoms with van der Waals surface area (Å²) in [5, 5.41) is 11.1. The smallest absolute Gasteiger partial charge is 0.410 e. The summed E-state index contributed by atoms with van der Waals surface area (Å²) in [4.78, 5) is 14.8. The molecule has 1 amide bonds. The number of fused-ring (bicyclic) bond motifs is 1. The fourth-order valence-corrected chi connectivity index (χ4v) is 5.28. The molecule has 9 nitrogen and oxygen atoms in total. The molecule has 48 heavy (non-hydrogen) atoms. The predicted molar refractivity (Wildman–Crippen MR) is 184 cm³/mol. The molecule has 0 aliphatic carbocycles. The standard InChI is InChI=1S/C38H53N2O7.HI/c1-38(2)46-29-33-25-32(18-19-36(33)47-38)35(41)26-39(37(42)45-28-30-14-9-8-10-15-30)20-11-6-7-12-21-43-22-23-44-27-31-16-13-17-34(24-31)40(3,4)5;/h8-10,13-19,24-25,35,41H,6-7,11-12,20-23,26-29H2,1-5H3;1H/q+1;/p-1/t35-;/m0./s1. The number of hydrogen-bond acceptors (Lipinski definition) is 7. The first kappa shape index (κ1) is 39.7. The number of unbranched alkanes of at least 4 members (excludes halogenated alkanes) is 3. The van der Waals surface area contributed by atoms with Crippen LogP contribution in [0.5, 0.6) is 5.75 Å². The van der Waals surface area contributed by atoms with E-state index < -0.39 is 18.0 Å². The van der Waals surface area contributed by atoms with E-state index in [1.54, 1.807) is 4.90 Å². The number of aliphatic hydroxyl groups is 1. The number of nitrogens with zero attached hydrogens (tertiary/aromatic N) is 2. The highest BCUT2D eigenvalue weighted by Gasteiger charge is 2.28. The van der Waals surface area contributed by atoms with E-state index in [1.807, 2.05) is 62.4 Å². The van der Waals surface area contributed by atoms with E-state index in [0.717, 1.165) is 52.6 Å². The molecule has 1 N–H and O–H groups in total. The maximum atomic E-state index is 13.1. The van der Waals surface area contributed by atoms with Crippen LogP contribution < -0.4 is 33.2 Å². The van der Waals surface area contributed by atoms with Gasteiger partial charge in [0.15, 0.2) is 0 Å². The molecule has 10 heteroatoms. The van der Waals surface area contributed by atoms with Gasteiger partial charge in [-0.2, -0.15) is 0 Å². The maximum absolute atomic E-state index is 13.1. The van der Waals surface area contributed by atoms with Crippen molar-refractivity contribution in [1.29, 1.82) is 0 Å². The van der Waals surface area contributed by atoms with Crippen LogP contribution in [0.25, 0.3) is 0 Å². The van der Waals surface area contributed by atoms with Crippen LogP contribution in [0.1, 0.15) is 67.9 Å². The molecule has 264 valence electrons. The van der Waals surface area contributed by atoms with Crippen LogP contribution in [0, 0.1) is 0 Å². The summed E-state index contributed by atoms with van der Waals surface area (Å²) in [5.41, 5.74) is 4.90. The largest absolute Gasteiger partial charge is 1.00 e. The third kappa shape index (κ3) is 13.3. The highest BCUT2D eigenvalue weighted by atomic mass is 127. The Kier molecular flexibility index (Phi) is 16.1. The molecule has 0 unspecified atom stereocenters. The lowest BCUT2D eigenvalue weighted by molar-refractivity contribution is -0.180. The lowest BCUT2D eigenvalue weighted by Gasteiger charge is -2.33. The number of amides is 1. The van der Waals surface area contributed by atoms with E-state index in [9.17, 15) is 9.90 Å². The van der Waals surface area contributed by atoms with Crippen molar-refractivity contribution in [2.24, 2.45) is 0 Å². The van der Waals surface area contributed by atoms with Gasteiger partial charge in [-0.1, -0.05) is 61.4 Å². The lowest BCUT2D eigenvalue weighted by atomic mass is 10.0. The lowest BCUT2D eigenvalue weighted by Crippen LogP contribution is -3.00. The molecule has 1 atom stereocenters.